The van der Waals surface area contributed by atoms with Crippen molar-refractivity contribution in [3.63, 3.8) is 0 Å². The number of ether oxygens (including phenoxy) is 1. The number of esters is 1. The molecule has 1 fully saturated rings. The first-order chi connectivity index (χ1) is 9.95. The van der Waals surface area contributed by atoms with Crippen molar-refractivity contribution in [2.45, 2.75) is 51.5 Å². The number of nitrogens with zero attached hydrogens (tertiary/aromatic N) is 1. The molecule has 0 aromatic heterocycles. The van der Waals surface area contributed by atoms with Crippen LogP contribution in [-0.4, -0.2) is 53.2 Å². The molecule has 2 amide bonds. The Morgan fingerprint density at radius 2 is 1.86 bits per heavy atom. The Kier molecular flexibility index (Phi) is 6.45. The zero-order valence-corrected chi connectivity index (χ0v) is 12.7. The fourth-order valence-electron chi connectivity index (χ4n) is 2.54. The molecule has 0 aliphatic heterocycles. The largest absolute Gasteiger partial charge is 0.480 e. The quantitative estimate of drug-likeness (QED) is 0.692. The Bertz CT molecular complexity index is 391. The lowest BCUT2D eigenvalue weighted by molar-refractivity contribution is -0.144. The number of carboxylic acid groups (broad SMARTS) is 1. The Hall–Kier alpha value is -1.79. The van der Waals surface area contributed by atoms with E-state index in [1.807, 2.05) is 6.92 Å². The molecule has 0 saturated heterocycles. The molecule has 1 aliphatic rings. The highest BCUT2D eigenvalue weighted by molar-refractivity contribution is 5.88. The average molecular weight is 300 g/mol. The number of hydrogen-bond acceptors (Lipinski definition) is 4. The van der Waals surface area contributed by atoms with Gasteiger partial charge in [-0.2, -0.15) is 0 Å². The first-order valence-corrected chi connectivity index (χ1v) is 7.41. The van der Waals surface area contributed by atoms with E-state index in [4.69, 9.17) is 4.74 Å². The number of hydrogen-bond donors (Lipinski definition) is 2. The van der Waals surface area contributed by atoms with Crippen molar-refractivity contribution in [2.75, 3.05) is 19.7 Å². The van der Waals surface area contributed by atoms with Crippen LogP contribution in [0, 0.1) is 0 Å². The molecule has 0 spiro atoms. The van der Waals surface area contributed by atoms with Crippen LogP contribution in [0.4, 0.5) is 4.79 Å². The lowest BCUT2D eigenvalue weighted by Crippen LogP contribution is -2.57. The van der Waals surface area contributed by atoms with Crippen molar-refractivity contribution < 1.29 is 24.2 Å². The van der Waals surface area contributed by atoms with E-state index in [-0.39, 0.29) is 13.2 Å². The maximum atomic E-state index is 12.3. The fraction of sp³-hybridized carbons (Fsp3) is 0.786. The molecule has 0 radical (unpaired) electrons. The van der Waals surface area contributed by atoms with Crippen LogP contribution < -0.4 is 5.32 Å². The molecule has 21 heavy (non-hydrogen) atoms. The number of carbonyl (C=O) groups is 3. The van der Waals surface area contributed by atoms with Crippen LogP contribution in [0.3, 0.4) is 0 Å². The summed E-state index contributed by atoms with van der Waals surface area (Å²) < 4.78 is 4.83. The molecule has 120 valence electrons. The summed E-state index contributed by atoms with van der Waals surface area (Å²) in [5.74, 6) is -1.50. The van der Waals surface area contributed by atoms with Gasteiger partial charge in [-0.3, -0.25) is 4.79 Å². The van der Waals surface area contributed by atoms with Gasteiger partial charge in [-0.15, -0.1) is 0 Å². The van der Waals surface area contributed by atoms with E-state index >= 15 is 0 Å². The van der Waals surface area contributed by atoms with Gasteiger partial charge in [0.05, 0.1) is 6.61 Å². The number of carbonyl (C=O) groups excluding carboxylic acids is 2. The van der Waals surface area contributed by atoms with Gasteiger partial charge in [0.2, 0.25) is 0 Å². The molecule has 0 unspecified atom stereocenters. The third-order valence-electron chi connectivity index (χ3n) is 3.62. The monoisotopic (exact) mass is 300 g/mol. The highest BCUT2D eigenvalue weighted by atomic mass is 16.5. The standard InChI is InChI=1S/C14H24N2O5/c1-3-9-16(10-11(17)21-4-2)13(20)15-14(12(18)19)7-5-6-8-14/h3-10H2,1-2H3,(H,15,20)(H,18,19). The van der Waals surface area contributed by atoms with Gasteiger partial charge in [0.25, 0.3) is 0 Å². The number of urea groups is 1. The highest BCUT2D eigenvalue weighted by Gasteiger charge is 2.43. The van der Waals surface area contributed by atoms with Crippen LogP contribution in [0.25, 0.3) is 0 Å². The summed E-state index contributed by atoms with van der Waals surface area (Å²) >= 11 is 0. The van der Waals surface area contributed by atoms with Crippen LogP contribution in [-0.2, 0) is 14.3 Å². The topological polar surface area (TPSA) is 95.9 Å². The molecule has 0 heterocycles. The van der Waals surface area contributed by atoms with Crippen LogP contribution in [0.1, 0.15) is 46.0 Å². The first kappa shape index (κ1) is 17.3. The second kappa shape index (κ2) is 7.85. The normalized spacial score (nSPS) is 16.3. The van der Waals surface area contributed by atoms with Crippen LogP contribution in [0.15, 0.2) is 0 Å². The molecular formula is C14H24N2O5. The minimum absolute atomic E-state index is 0.163. The van der Waals surface area contributed by atoms with Gasteiger partial charge >= 0.3 is 18.0 Å². The van der Waals surface area contributed by atoms with Crippen molar-refractivity contribution in [3.8, 4) is 0 Å². The molecule has 7 nitrogen and oxygen atoms in total. The summed E-state index contributed by atoms with van der Waals surface area (Å²) in [4.78, 5) is 36.6. The van der Waals surface area contributed by atoms with Crippen molar-refractivity contribution in [3.05, 3.63) is 0 Å². The predicted molar refractivity (Wildman–Crippen MR) is 75.9 cm³/mol. The smallest absolute Gasteiger partial charge is 0.329 e. The molecule has 0 aromatic rings. The molecule has 7 heteroatoms. The zero-order chi connectivity index (χ0) is 15.9. The minimum Gasteiger partial charge on any atom is -0.480 e. The third kappa shape index (κ3) is 4.61. The van der Waals surface area contributed by atoms with E-state index in [0.29, 0.717) is 25.8 Å². The van der Waals surface area contributed by atoms with Crippen LogP contribution in [0.5, 0.6) is 0 Å². The van der Waals surface area contributed by atoms with E-state index < -0.39 is 23.5 Å². The summed E-state index contributed by atoms with van der Waals surface area (Å²) in [5.41, 5.74) is -1.20. The van der Waals surface area contributed by atoms with Gasteiger partial charge in [-0.25, -0.2) is 9.59 Å². The SMILES string of the molecule is CCCN(CC(=O)OCC)C(=O)NC1(C(=O)O)CCCC1. The summed E-state index contributed by atoms with van der Waals surface area (Å²) in [7, 11) is 0. The number of nitrogens with one attached hydrogen (secondary N) is 1. The van der Waals surface area contributed by atoms with Gasteiger partial charge < -0.3 is 20.1 Å². The van der Waals surface area contributed by atoms with Crippen molar-refractivity contribution in [2.24, 2.45) is 0 Å². The van der Waals surface area contributed by atoms with Gasteiger partial charge in [-0.1, -0.05) is 19.8 Å². The second-order valence-electron chi connectivity index (χ2n) is 5.25. The van der Waals surface area contributed by atoms with Crippen LogP contribution in [0.2, 0.25) is 0 Å². The Morgan fingerprint density at radius 1 is 1.24 bits per heavy atom. The number of carboxylic acids is 1. The molecular weight excluding hydrogens is 276 g/mol. The van der Waals surface area contributed by atoms with E-state index in [0.717, 1.165) is 12.8 Å². The lowest BCUT2D eigenvalue weighted by Gasteiger charge is -2.29. The number of rotatable bonds is 7. The van der Waals surface area contributed by atoms with Crippen molar-refractivity contribution in [1.29, 1.82) is 0 Å². The van der Waals surface area contributed by atoms with Crippen molar-refractivity contribution in [1.82, 2.24) is 10.2 Å². The highest BCUT2D eigenvalue weighted by Crippen LogP contribution is 2.30. The Balaban J connectivity index is 2.71. The van der Waals surface area contributed by atoms with E-state index in [9.17, 15) is 19.5 Å². The van der Waals surface area contributed by atoms with Gasteiger partial charge in [0.15, 0.2) is 0 Å². The summed E-state index contributed by atoms with van der Waals surface area (Å²) in [5, 5.41) is 12.0. The van der Waals surface area contributed by atoms with Crippen molar-refractivity contribution >= 4 is 18.0 Å². The zero-order valence-electron chi connectivity index (χ0n) is 12.7. The molecule has 0 aromatic carbocycles. The maximum Gasteiger partial charge on any atom is 0.329 e. The lowest BCUT2D eigenvalue weighted by atomic mass is 9.98. The Labute approximate surface area is 124 Å². The molecule has 1 aliphatic carbocycles. The predicted octanol–water partition coefficient (Wildman–Crippen LogP) is 1.37. The molecule has 2 N–H and O–H groups in total. The molecule has 1 rings (SSSR count). The summed E-state index contributed by atoms with van der Waals surface area (Å²) in [6, 6.07) is -0.519. The average Bonchev–Trinajstić information content (AvgIpc) is 2.88. The summed E-state index contributed by atoms with van der Waals surface area (Å²) in [6.07, 6.45) is 3.07. The first-order valence-electron chi connectivity index (χ1n) is 7.41. The Morgan fingerprint density at radius 3 is 2.33 bits per heavy atom. The molecule has 0 atom stereocenters. The number of amides is 2. The van der Waals surface area contributed by atoms with Gasteiger partial charge in [-0.05, 0) is 26.2 Å². The van der Waals surface area contributed by atoms with Gasteiger partial charge in [0, 0.05) is 6.54 Å². The van der Waals surface area contributed by atoms with Crippen LogP contribution >= 0.6 is 0 Å². The maximum absolute atomic E-state index is 12.3. The molecule has 1 saturated carbocycles. The number of aliphatic carboxylic acids is 1. The summed E-state index contributed by atoms with van der Waals surface area (Å²) in [6.45, 7) is 4.04. The fourth-order valence-corrected chi connectivity index (χ4v) is 2.54. The third-order valence-corrected chi connectivity index (χ3v) is 3.62. The minimum atomic E-state index is -1.20. The van der Waals surface area contributed by atoms with E-state index in [1.54, 1.807) is 6.92 Å². The molecule has 0 bridgehead atoms. The van der Waals surface area contributed by atoms with E-state index in [2.05, 4.69) is 5.32 Å². The second-order valence-corrected chi connectivity index (χ2v) is 5.25. The van der Waals surface area contributed by atoms with Gasteiger partial charge in [0.1, 0.15) is 12.1 Å². The van der Waals surface area contributed by atoms with E-state index in [1.165, 1.54) is 4.90 Å².